The normalized spacial score (nSPS) is 17.9. The van der Waals surface area contributed by atoms with E-state index in [2.05, 4.69) is 10.3 Å². The minimum Gasteiger partial charge on any atom is -0.378 e. The van der Waals surface area contributed by atoms with E-state index in [-0.39, 0.29) is 16.8 Å². The molecule has 1 atom stereocenters. The molecule has 20 heavy (non-hydrogen) atoms. The van der Waals surface area contributed by atoms with E-state index in [1.165, 1.54) is 12.3 Å². The topological polar surface area (TPSA) is 94.4 Å². The predicted octanol–water partition coefficient (Wildman–Crippen LogP) is 1.94. The lowest BCUT2D eigenvalue weighted by Crippen LogP contribution is -2.27. The van der Waals surface area contributed by atoms with Crippen LogP contribution in [0.1, 0.15) is 29.6 Å². The molecule has 1 amide bonds. The van der Waals surface area contributed by atoms with Crippen molar-refractivity contribution in [3.63, 3.8) is 0 Å². The lowest BCUT2D eigenvalue weighted by Gasteiger charge is -2.10. The first-order valence-corrected chi connectivity index (χ1v) is 6.66. The first-order chi connectivity index (χ1) is 9.59. The van der Waals surface area contributed by atoms with Crippen molar-refractivity contribution in [3.8, 4) is 0 Å². The number of carbonyl (C=O) groups excluding carboxylic acids is 1. The molecule has 0 aliphatic carbocycles. The highest BCUT2D eigenvalue weighted by atomic mass is 35.5. The fourth-order valence-corrected chi connectivity index (χ4v) is 2.33. The number of amides is 1. The summed E-state index contributed by atoms with van der Waals surface area (Å²) in [5.41, 5.74) is -0.550. The third kappa shape index (κ3) is 3.43. The molecule has 1 unspecified atom stereocenters. The molecule has 2 heterocycles. The van der Waals surface area contributed by atoms with Gasteiger partial charge in [0.1, 0.15) is 5.56 Å². The summed E-state index contributed by atoms with van der Waals surface area (Å²) in [4.78, 5) is 25.8. The Hall–Kier alpha value is -1.73. The Morgan fingerprint density at radius 2 is 2.45 bits per heavy atom. The number of hydrogen-bond acceptors (Lipinski definition) is 5. The third-order valence-corrected chi connectivity index (χ3v) is 3.36. The number of hydrogen-bond donors (Lipinski definition) is 1. The Morgan fingerprint density at radius 1 is 1.65 bits per heavy atom. The Kier molecular flexibility index (Phi) is 4.86. The number of pyridine rings is 1. The van der Waals surface area contributed by atoms with E-state index in [1.807, 2.05) is 0 Å². The highest BCUT2D eigenvalue weighted by molar-refractivity contribution is 6.32. The van der Waals surface area contributed by atoms with Crippen molar-refractivity contribution in [1.29, 1.82) is 0 Å². The van der Waals surface area contributed by atoms with Crippen LogP contribution in [0, 0.1) is 10.1 Å². The predicted molar refractivity (Wildman–Crippen MR) is 71.8 cm³/mol. The number of nitro groups is 1. The van der Waals surface area contributed by atoms with Gasteiger partial charge in [-0.1, -0.05) is 11.6 Å². The van der Waals surface area contributed by atoms with E-state index in [9.17, 15) is 14.9 Å². The Labute approximate surface area is 120 Å². The number of ether oxygens (including phenoxy) is 1. The van der Waals surface area contributed by atoms with Crippen LogP contribution in [0.15, 0.2) is 12.3 Å². The van der Waals surface area contributed by atoms with Crippen molar-refractivity contribution in [1.82, 2.24) is 10.3 Å². The summed E-state index contributed by atoms with van der Waals surface area (Å²) in [6.45, 7) is 1.16. The van der Waals surface area contributed by atoms with Crippen molar-refractivity contribution in [2.24, 2.45) is 0 Å². The van der Waals surface area contributed by atoms with E-state index in [0.29, 0.717) is 13.0 Å². The summed E-state index contributed by atoms with van der Waals surface area (Å²) in [7, 11) is 0. The van der Waals surface area contributed by atoms with E-state index in [4.69, 9.17) is 16.3 Å². The maximum absolute atomic E-state index is 12.0. The monoisotopic (exact) mass is 299 g/mol. The van der Waals surface area contributed by atoms with Crippen LogP contribution >= 0.6 is 11.6 Å². The minimum atomic E-state index is -0.704. The second kappa shape index (κ2) is 6.62. The van der Waals surface area contributed by atoms with Gasteiger partial charge in [0.15, 0.2) is 0 Å². The first-order valence-electron chi connectivity index (χ1n) is 6.28. The lowest BCUT2D eigenvalue weighted by molar-refractivity contribution is -0.385. The number of carbonyl (C=O) groups is 1. The zero-order valence-corrected chi connectivity index (χ0v) is 11.4. The Morgan fingerprint density at radius 3 is 3.10 bits per heavy atom. The number of nitrogens with zero attached hydrogens (tertiary/aromatic N) is 2. The van der Waals surface area contributed by atoms with Gasteiger partial charge >= 0.3 is 5.69 Å². The minimum absolute atomic E-state index is 0.0812. The van der Waals surface area contributed by atoms with Crippen LogP contribution in [0.2, 0.25) is 5.15 Å². The quantitative estimate of drug-likeness (QED) is 0.509. The standard InChI is InChI=1S/C12H14ClN3O4/c13-11-10(16(18)19)9(4-6-14-11)12(17)15-5-3-8-2-1-7-20-8/h4,6,8H,1-3,5,7H2,(H,15,17). The molecule has 0 bridgehead atoms. The van der Waals surface area contributed by atoms with Crippen molar-refractivity contribution in [2.75, 3.05) is 13.2 Å². The molecule has 1 aromatic rings. The van der Waals surface area contributed by atoms with E-state index < -0.39 is 16.5 Å². The van der Waals surface area contributed by atoms with E-state index in [1.54, 1.807) is 0 Å². The lowest BCUT2D eigenvalue weighted by atomic mass is 10.1. The molecule has 1 fully saturated rings. The molecule has 0 saturated carbocycles. The molecule has 0 spiro atoms. The second-order valence-corrected chi connectivity index (χ2v) is 4.79. The summed E-state index contributed by atoms with van der Waals surface area (Å²) in [6.07, 6.45) is 4.13. The van der Waals surface area contributed by atoms with Gasteiger partial charge in [0.25, 0.3) is 5.91 Å². The molecule has 7 nitrogen and oxygen atoms in total. The van der Waals surface area contributed by atoms with Crippen LogP contribution < -0.4 is 5.32 Å². The van der Waals surface area contributed by atoms with Gasteiger partial charge in [-0.2, -0.15) is 0 Å². The summed E-state index contributed by atoms with van der Waals surface area (Å²) in [5, 5.41) is 13.3. The maximum atomic E-state index is 12.0. The zero-order chi connectivity index (χ0) is 14.5. The molecule has 1 aromatic heterocycles. The van der Waals surface area contributed by atoms with Gasteiger partial charge in [-0.25, -0.2) is 4.98 Å². The van der Waals surface area contributed by atoms with Gasteiger partial charge in [-0.3, -0.25) is 14.9 Å². The van der Waals surface area contributed by atoms with Crippen molar-refractivity contribution in [2.45, 2.75) is 25.4 Å². The van der Waals surface area contributed by atoms with Crippen molar-refractivity contribution < 1.29 is 14.5 Å². The number of rotatable bonds is 5. The van der Waals surface area contributed by atoms with Crippen molar-refractivity contribution >= 4 is 23.2 Å². The average Bonchev–Trinajstić information content (AvgIpc) is 2.91. The van der Waals surface area contributed by atoms with E-state index in [0.717, 1.165) is 19.4 Å². The average molecular weight is 300 g/mol. The molecule has 1 saturated heterocycles. The number of aromatic nitrogens is 1. The summed E-state index contributed by atoms with van der Waals surface area (Å²) >= 11 is 5.65. The molecule has 108 valence electrons. The highest BCUT2D eigenvalue weighted by Crippen LogP contribution is 2.25. The maximum Gasteiger partial charge on any atom is 0.319 e. The van der Waals surface area contributed by atoms with Crippen LogP contribution in [0.4, 0.5) is 5.69 Å². The molecule has 1 N–H and O–H groups in total. The van der Waals surface area contributed by atoms with Gasteiger partial charge in [0, 0.05) is 19.3 Å². The summed E-state index contributed by atoms with van der Waals surface area (Å²) < 4.78 is 5.43. The van der Waals surface area contributed by atoms with Gasteiger partial charge in [-0.05, 0) is 25.3 Å². The van der Waals surface area contributed by atoms with Crippen LogP contribution in [0.5, 0.6) is 0 Å². The Bertz CT molecular complexity index is 517. The fourth-order valence-electron chi connectivity index (χ4n) is 2.10. The highest BCUT2D eigenvalue weighted by Gasteiger charge is 2.25. The van der Waals surface area contributed by atoms with Crippen LogP contribution in [-0.2, 0) is 4.74 Å². The molecular weight excluding hydrogens is 286 g/mol. The largest absolute Gasteiger partial charge is 0.378 e. The molecule has 2 rings (SSSR count). The van der Waals surface area contributed by atoms with E-state index >= 15 is 0 Å². The SMILES string of the molecule is O=C(NCCC1CCCO1)c1ccnc(Cl)c1[N+](=O)[O-]. The molecule has 1 aliphatic heterocycles. The molecule has 8 heteroatoms. The van der Waals surface area contributed by atoms with Gasteiger partial charge in [0.2, 0.25) is 5.15 Å². The molecule has 0 radical (unpaired) electrons. The van der Waals surface area contributed by atoms with Gasteiger partial charge in [-0.15, -0.1) is 0 Å². The smallest absolute Gasteiger partial charge is 0.319 e. The van der Waals surface area contributed by atoms with Crippen LogP contribution in [0.3, 0.4) is 0 Å². The summed E-state index contributed by atoms with van der Waals surface area (Å²) in [5.74, 6) is -0.529. The third-order valence-electron chi connectivity index (χ3n) is 3.08. The van der Waals surface area contributed by atoms with Gasteiger partial charge in [0.05, 0.1) is 11.0 Å². The van der Waals surface area contributed by atoms with Crippen LogP contribution in [0.25, 0.3) is 0 Å². The van der Waals surface area contributed by atoms with Gasteiger partial charge < -0.3 is 10.1 Å². The molecular formula is C12H14ClN3O4. The van der Waals surface area contributed by atoms with Crippen LogP contribution in [-0.4, -0.2) is 35.1 Å². The number of nitrogens with one attached hydrogen (secondary N) is 1. The zero-order valence-electron chi connectivity index (χ0n) is 10.7. The van der Waals surface area contributed by atoms with Crippen molar-refractivity contribution in [3.05, 3.63) is 33.1 Å². The summed E-state index contributed by atoms with van der Waals surface area (Å²) in [6, 6.07) is 1.28. The first kappa shape index (κ1) is 14.7. The number of halogens is 1. The Balaban J connectivity index is 1.98. The molecule has 0 aromatic carbocycles. The fraction of sp³-hybridized carbons (Fsp3) is 0.500. The second-order valence-electron chi connectivity index (χ2n) is 4.43. The molecule has 1 aliphatic rings.